The van der Waals surface area contributed by atoms with Gasteiger partial charge in [0.2, 0.25) is 0 Å². The van der Waals surface area contributed by atoms with Crippen molar-refractivity contribution in [2.45, 2.75) is 19.3 Å². The first-order valence-electron chi connectivity index (χ1n) is 5.49. The SMILES string of the molecule is Cn1ccc(C(=O)NCC2(CCBr)CC2)n1. The summed E-state index contributed by atoms with van der Waals surface area (Å²) in [7, 11) is 1.81. The minimum absolute atomic E-state index is 0.0681. The Morgan fingerprint density at radius 1 is 1.69 bits per heavy atom. The average Bonchev–Trinajstić information content (AvgIpc) is 2.89. The van der Waals surface area contributed by atoms with Crippen LogP contribution in [-0.4, -0.2) is 27.6 Å². The molecule has 0 spiro atoms. The van der Waals surface area contributed by atoms with E-state index >= 15 is 0 Å². The number of carbonyl (C=O) groups is 1. The van der Waals surface area contributed by atoms with Gasteiger partial charge in [-0.1, -0.05) is 15.9 Å². The number of aromatic nitrogens is 2. The molecule has 2 rings (SSSR count). The van der Waals surface area contributed by atoms with Gasteiger partial charge >= 0.3 is 0 Å². The third-order valence-electron chi connectivity index (χ3n) is 3.15. The monoisotopic (exact) mass is 285 g/mol. The van der Waals surface area contributed by atoms with Crippen molar-refractivity contribution in [2.24, 2.45) is 12.5 Å². The summed E-state index contributed by atoms with van der Waals surface area (Å²) >= 11 is 3.45. The van der Waals surface area contributed by atoms with Gasteiger partial charge in [-0.25, -0.2) is 0 Å². The molecule has 0 unspecified atom stereocenters. The van der Waals surface area contributed by atoms with E-state index in [0.717, 1.165) is 18.3 Å². The average molecular weight is 286 g/mol. The number of hydrogen-bond acceptors (Lipinski definition) is 2. The lowest BCUT2D eigenvalue weighted by Crippen LogP contribution is -2.30. The number of carbonyl (C=O) groups excluding carboxylic acids is 1. The lowest BCUT2D eigenvalue weighted by molar-refractivity contribution is 0.0938. The van der Waals surface area contributed by atoms with Gasteiger partial charge in [-0.2, -0.15) is 5.10 Å². The molecule has 4 nitrogen and oxygen atoms in total. The molecule has 0 radical (unpaired) electrons. The fourth-order valence-electron chi connectivity index (χ4n) is 1.79. The van der Waals surface area contributed by atoms with Crippen LogP contribution in [-0.2, 0) is 7.05 Å². The summed E-state index contributed by atoms with van der Waals surface area (Å²) in [6.07, 6.45) is 5.36. The van der Waals surface area contributed by atoms with Gasteiger partial charge < -0.3 is 5.32 Å². The molecule has 1 aliphatic carbocycles. The van der Waals surface area contributed by atoms with E-state index in [-0.39, 0.29) is 5.91 Å². The van der Waals surface area contributed by atoms with E-state index in [0.29, 0.717) is 11.1 Å². The summed E-state index contributed by atoms with van der Waals surface area (Å²) in [6, 6.07) is 1.74. The first-order chi connectivity index (χ1) is 7.65. The topological polar surface area (TPSA) is 46.9 Å². The van der Waals surface area contributed by atoms with Crippen molar-refractivity contribution in [3.63, 3.8) is 0 Å². The zero-order chi connectivity index (χ0) is 11.6. The molecule has 0 atom stereocenters. The fraction of sp³-hybridized carbons (Fsp3) is 0.636. The normalized spacial score (nSPS) is 17.1. The summed E-state index contributed by atoms with van der Waals surface area (Å²) in [6.45, 7) is 0.772. The van der Waals surface area contributed by atoms with E-state index < -0.39 is 0 Å². The van der Waals surface area contributed by atoms with Crippen LogP contribution < -0.4 is 5.32 Å². The van der Waals surface area contributed by atoms with Crippen LogP contribution in [0.2, 0.25) is 0 Å². The van der Waals surface area contributed by atoms with Gasteiger partial charge in [-0.05, 0) is 30.7 Å². The second kappa shape index (κ2) is 4.57. The Morgan fingerprint density at radius 2 is 2.44 bits per heavy atom. The number of alkyl halides is 1. The first kappa shape index (κ1) is 11.6. The molecule has 88 valence electrons. The van der Waals surface area contributed by atoms with Crippen LogP contribution in [0.25, 0.3) is 0 Å². The van der Waals surface area contributed by atoms with E-state index in [9.17, 15) is 4.79 Å². The van der Waals surface area contributed by atoms with Crippen LogP contribution >= 0.6 is 15.9 Å². The Kier molecular flexibility index (Phi) is 3.33. The second-order valence-corrected chi connectivity index (χ2v) is 5.29. The molecule has 1 saturated carbocycles. The van der Waals surface area contributed by atoms with Gasteiger partial charge in [0.05, 0.1) is 0 Å². The molecule has 1 aliphatic rings. The number of halogens is 1. The molecule has 16 heavy (non-hydrogen) atoms. The summed E-state index contributed by atoms with van der Waals surface area (Å²) < 4.78 is 1.64. The van der Waals surface area contributed by atoms with Crippen LogP contribution in [0, 0.1) is 5.41 Å². The Bertz CT molecular complexity index is 384. The maximum absolute atomic E-state index is 11.7. The summed E-state index contributed by atoms with van der Waals surface area (Å²) in [5, 5.41) is 8.04. The Labute approximate surface area is 104 Å². The van der Waals surface area contributed by atoms with Crippen LogP contribution in [0.15, 0.2) is 12.3 Å². The quantitative estimate of drug-likeness (QED) is 0.838. The third kappa shape index (κ3) is 2.64. The highest BCUT2D eigenvalue weighted by molar-refractivity contribution is 9.09. The molecular weight excluding hydrogens is 270 g/mol. The minimum atomic E-state index is -0.0681. The van der Waals surface area contributed by atoms with Crippen molar-refractivity contribution in [3.8, 4) is 0 Å². The zero-order valence-corrected chi connectivity index (χ0v) is 11.0. The van der Waals surface area contributed by atoms with Crippen molar-refractivity contribution in [3.05, 3.63) is 18.0 Å². The minimum Gasteiger partial charge on any atom is -0.350 e. The van der Waals surface area contributed by atoms with E-state index in [4.69, 9.17) is 0 Å². The fourth-order valence-corrected chi connectivity index (χ4v) is 2.63. The lowest BCUT2D eigenvalue weighted by atomic mass is 10.0. The van der Waals surface area contributed by atoms with Crippen molar-refractivity contribution in [2.75, 3.05) is 11.9 Å². The van der Waals surface area contributed by atoms with Crippen molar-refractivity contribution >= 4 is 21.8 Å². The zero-order valence-electron chi connectivity index (χ0n) is 9.37. The molecule has 0 bridgehead atoms. The predicted molar refractivity (Wildman–Crippen MR) is 65.6 cm³/mol. The van der Waals surface area contributed by atoms with Crippen LogP contribution in [0.1, 0.15) is 29.8 Å². The first-order valence-corrected chi connectivity index (χ1v) is 6.61. The number of aryl methyl sites for hydroxylation is 1. The Balaban J connectivity index is 1.84. The smallest absolute Gasteiger partial charge is 0.271 e. The molecule has 0 aromatic carbocycles. The molecule has 0 saturated heterocycles. The molecule has 1 aromatic heterocycles. The van der Waals surface area contributed by atoms with E-state index in [1.165, 1.54) is 12.8 Å². The number of nitrogens with zero attached hydrogens (tertiary/aromatic N) is 2. The third-order valence-corrected chi connectivity index (χ3v) is 3.55. The van der Waals surface area contributed by atoms with Crippen molar-refractivity contribution in [1.82, 2.24) is 15.1 Å². The van der Waals surface area contributed by atoms with Gasteiger partial charge in [0.25, 0.3) is 5.91 Å². The maximum Gasteiger partial charge on any atom is 0.271 e. The molecule has 1 amide bonds. The Morgan fingerprint density at radius 3 is 2.94 bits per heavy atom. The highest BCUT2D eigenvalue weighted by atomic mass is 79.9. The molecular formula is C11H16BrN3O. The van der Waals surface area contributed by atoms with Crippen LogP contribution in [0.5, 0.6) is 0 Å². The van der Waals surface area contributed by atoms with Crippen molar-refractivity contribution in [1.29, 1.82) is 0 Å². The molecule has 1 N–H and O–H groups in total. The highest BCUT2D eigenvalue weighted by Gasteiger charge is 2.41. The largest absolute Gasteiger partial charge is 0.350 e. The summed E-state index contributed by atoms with van der Waals surface area (Å²) in [5.74, 6) is -0.0681. The number of amides is 1. The van der Waals surface area contributed by atoms with Crippen LogP contribution in [0.3, 0.4) is 0 Å². The second-order valence-electron chi connectivity index (χ2n) is 4.50. The number of rotatable bonds is 5. The molecule has 1 heterocycles. The molecule has 1 fully saturated rings. The van der Waals surface area contributed by atoms with Crippen LogP contribution in [0.4, 0.5) is 0 Å². The van der Waals surface area contributed by atoms with E-state index in [2.05, 4.69) is 26.3 Å². The molecule has 5 heteroatoms. The summed E-state index contributed by atoms with van der Waals surface area (Å²) in [5.41, 5.74) is 0.852. The van der Waals surface area contributed by atoms with Gasteiger partial charge in [-0.15, -0.1) is 0 Å². The van der Waals surface area contributed by atoms with E-state index in [1.807, 2.05) is 7.05 Å². The Hall–Kier alpha value is -0.840. The number of nitrogens with one attached hydrogen (secondary N) is 1. The van der Waals surface area contributed by atoms with Crippen molar-refractivity contribution < 1.29 is 4.79 Å². The number of hydrogen-bond donors (Lipinski definition) is 1. The van der Waals surface area contributed by atoms with Gasteiger partial charge in [0.1, 0.15) is 5.69 Å². The van der Waals surface area contributed by atoms with Gasteiger partial charge in [0, 0.05) is 25.1 Å². The van der Waals surface area contributed by atoms with E-state index in [1.54, 1.807) is 16.9 Å². The standard InChI is InChI=1S/C11H16BrN3O/c1-15-7-2-9(14-15)10(16)13-8-11(3-4-11)5-6-12/h2,7H,3-6,8H2,1H3,(H,13,16). The lowest BCUT2D eigenvalue weighted by Gasteiger charge is -2.13. The predicted octanol–water partition coefficient (Wildman–Crippen LogP) is 1.72. The highest BCUT2D eigenvalue weighted by Crippen LogP contribution is 2.48. The molecule has 0 aliphatic heterocycles. The van der Waals surface area contributed by atoms with Gasteiger partial charge in [-0.3, -0.25) is 9.48 Å². The summed E-state index contributed by atoms with van der Waals surface area (Å²) in [4.78, 5) is 11.7. The molecule has 1 aromatic rings. The van der Waals surface area contributed by atoms with Gasteiger partial charge in [0.15, 0.2) is 0 Å². The maximum atomic E-state index is 11.7.